The van der Waals surface area contributed by atoms with Crippen molar-refractivity contribution in [2.24, 2.45) is 5.73 Å². The lowest BCUT2D eigenvalue weighted by Crippen LogP contribution is -2.39. The van der Waals surface area contributed by atoms with Crippen LogP contribution in [0.3, 0.4) is 0 Å². The Labute approximate surface area is 226 Å². The van der Waals surface area contributed by atoms with Crippen LogP contribution in [0.2, 0.25) is 0 Å². The molecule has 0 unspecified atom stereocenters. The van der Waals surface area contributed by atoms with Crippen LogP contribution in [0.15, 0.2) is 67.0 Å². The monoisotopic (exact) mass is 529 g/mol. The normalized spacial score (nSPS) is 13.3. The number of benzene rings is 2. The van der Waals surface area contributed by atoms with E-state index in [1.165, 1.54) is 10.1 Å². The number of carbonyl (C=O) groups excluding carboxylic acids is 2. The Kier molecular flexibility index (Phi) is 8.16. The largest absolute Gasteiger partial charge is 0.457 e. The molecule has 0 spiro atoms. The second kappa shape index (κ2) is 12.1. The number of fused-ring (bicyclic) bond motifs is 1. The van der Waals surface area contributed by atoms with Crippen molar-refractivity contribution >= 4 is 28.7 Å². The highest BCUT2D eigenvalue weighted by Crippen LogP contribution is 2.32. The molecule has 10 nitrogen and oxygen atoms in total. The van der Waals surface area contributed by atoms with Gasteiger partial charge in [0.15, 0.2) is 0 Å². The quantitative estimate of drug-likeness (QED) is 0.248. The SMILES string of the molecule is CCOCCOCc1cc2c(ccn2C(N)=O)cc1Oc1ccnc(NC(=O)c2ccc(C3CNC3)cc2)c1. The number of hydrogen-bond acceptors (Lipinski definition) is 7. The molecule has 0 bridgehead atoms. The fourth-order valence-electron chi connectivity index (χ4n) is 4.34. The summed E-state index contributed by atoms with van der Waals surface area (Å²) in [6.07, 6.45) is 3.18. The van der Waals surface area contributed by atoms with Gasteiger partial charge in [-0.2, -0.15) is 0 Å². The summed E-state index contributed by atoms with van der Waals surface area (Å²) in [4.78, 5) is 29.0. The van der Waals surface area contributed by atoms with E-state index in [2.05, 4.69) is 15.6 Å². The number of nitrogens with two attached hydrogens (primary N) is 1. The number of nitrogens with zero attached hydrogens (tertiary/aromatic N) is 2. The summed E-state index contributed by atoms with van der Waals surface area (Å²) in [6, 6.07) is 15.9. The molecular formula is C29H31N5O5. The Hall–Kier alpha value is -4.25. The Morgan fingerprint density at radius 2 is 1.87 bits per heavy atom. The smallest absolute Gasteiger partial charge is 0.323 e. The Bertz CT molecular complexity index is 1460. The molecule has 39 heavy (non-hydrogen) atoms. The van der Waals surface area contributed by atoms with Crippen LogP contribution >= 0.6 is 0 Å². The van der Waals surface area contributed by atoms with Crippen LogP contribution in [0.25, 0.3) is 10.9 Å². The first-order chi connectivity index (χ1) is 19.0. The van der Waals surface area contributed by atoms with Gasteiger partial charge < -0.3 is 30.6 Å². The van der Waals surface area contributed by atoms with E-state index in [9.17, 15) is 9.59 Å². The van der Waals surface area contributed by atoms with E-state index in [-0.39, 0.29) is 12.5 Å². The summed E-state index contributed by atoms with van der Waals surface area (Å²) >= 11 is 0. The summed E-state index contributed by atoms with van der Waals surface area (Å²) in [7, 11) is 0. The molecule has 0 saturated carbocycles. The average Bonchev–Trinajstić information content (AvgIpc) is 3.31. The number of rotatable bonds is 11. The van der Waals surface area contributed by atoms with Crippen molar-refractivity contribution in [3.05, 3.63) is 83.7 Å². The molecule has 3 heterocycles. The van der Waals surface area contributed by atoms with Gasteiger partial charge in [0.1, 0.15) is 17.3 Å². The minimum absolute atomic E-state index is 0.240. The third-order valence-corrected chi connectivity index (χ3v) is 6.57. The second-order valence-corrected chi connectivity index (χ2v) is 9.20. The number of nitrogens with one attached hydrogen (secondary N) is 2. The molecule has 1 saturated heterocycles. The van der Waals surface area contributed by atoms with Crippen molar-refractivity contribution in [1.82, 2.24) is 14.9 Å². The molecule has 5 rings (SSSR count). The fraction of sp³-hybridized carbons (Fsp3) is 0.276. The van der Waals surface area contributed by atoms with Gasteiger partial charge in [-0.25, -0.2) is 9.78 Å². The minimum Gasteiger partial charge on any atom is -0.457 e. The maximum absolute atomic E-state index is 12.8. The van der Waals surface area contributed by atoms with Crippen molar-refractivity contribution in [2.75, 3.05) is 38.2 Å². The van der Waals surface area contributed by atoms with E-state index in [1.807, 2.05) is 43.3 Å². The molecule has 4 aromatic rings. The van der Waals surface area contributed by atoms with E-state index >= 15 is 0 Å². The van der Waals surface area contributed by atoms with Crippen LogP contribution in [-0.4, -0.2) is 54.4 Å². The molecule has 1 aliphatic rings. The number of amides is 2. The first-order valence-electron chi connectivity index (χ1n) is 12.9. The Balaban J connectivity index is 1.32. The van der Waals surface area contributed by atoms with Gasteiger partial charge in [-0.1, -0.05) is 12.1 Å². The zero-order valence-electron chi connectivity index (χ0n) is 21.7. The van der Waals surface area contributed by atoms with E-state index in [0.717, 1.165) is 24.0 Å². The highest BCUT2D eigenvalue weighted by Gasteiger charge is 2.19. The third-order valence-electron chi connectivity index (χ3n) is 6.57. The molecule has 4 N–H and O–H groups in total. The standard InChI is InChI=1S/C29H31N5O5/c1-2-37-11-12-38-18-22-13-25-21(8-10-34(25)29(30)36)14-26(22)39-24-7-9-32-27(15-24)33-28(35)20-5-3-19(4-6-20)23-16-31-17-23/h3-10,13-15,23,31H,2,11-12,16-18H2,1H3,(H2,30,36)(H,32,33,35). The number of ether oxygens (including phenoxy) is 3. The molecule has 0 radical (unpaired) electrons. The van der Waals surface area contributed by atoms with Crippen LogP contribution in [0.5, 0.6) is 11.5 Å². The first kappa shape index (κ1) is 26.4. The van der Waals surface area contributed by atoms with Crippen molar-refractivity contribution in [3.63, 3.8) is 0 Å². The molecule has 0 aliphatic carbocycles. The van der Waals surface area contributed by atoms with E-state index < -0.39 is 6.03 Å². The molecule has 10 heteroatoms. The van der Waals surface area contributed by atoms with Gasteiger partial charge in [-0.05, 0) is 48.9 Å². The van der Waals surface area contributed by atoms with Crippen LogP contribution in [0, 0.1) is 0 Å². The number of primary amides is 1. The van der Waals surface area contributed by atoms with Gasteiger partial charge in [-0.15, -0.1) is 0 Å². The molecule has 1 fully saturated rings. The number of carbonyl (C=O) groups is 2. The number of aromatic nitrogens is 2. The average molecular weight is 530 g/mol. The summed E-state index contributed by atoms with van der Waals surface area (Å²) in [5.41, 5.74) is 8.67. The van der Waals surface area contributed by atoms with E-state index in [0.29, 0.717) is 54.1 Å². The number of anilines is 1. The first-order valence-corrected chi connectivity index (χ1v) is 12.9. The highest BCUT2D eigenvalue weighted by molar-refractivity contribution is 6.03. The molecule has 0 atom stereocenters. The Morgan fingerprint density at radius 1 is 1.08 bits per heavy atom. The van der Waals surface area contributed by atoms with Gasteiger partial charge in [0.25, 0.3) is 5.91 Å². The lowest BCUT2D eigenvalue weighted by Gasteiger charge is -2.27. The van der Waals surface area contributed by atoms with Crippen LogP contribution in [0.4, 0.5) is 10.6 Å². The maximum atomic E-state index is 12.8. The maximum Gasteiger partial charge on any atom is 0.323 e. The summed E-state index contributed by atoms with van der Waals surface area (Å²) in [5.74, 6) is 1.64. The van der Waals surface area contributed by atoms with Crippen LogP contribution in [-0.2, 0) is 16.1 Å². The number of pyridine rings is 1. The van der Waals surface area contributed by atoms with Crippen molar-refractivity contribution < 1.29 is 23.8 Å². The van der Waals surface area contributed by atoms with Gasteiger partial charge in [0.2, 0.25) is 0 Å². The molecular weight excluding hydrogens is 498 g/mol. The molecule has 2 aromatic heterocycles. The second-order valence-electron chi connectivity index (χ2n) is 9.20. The summed E-state index contributed by atoms with van der Waals surface area (Å²) < 4.78 is 18.7. The van der Waals surface area contributed by atoms with Crippen molar-refractivity contribution in [3.8, 4) is 11.5 Å². The zero-order valence-corrected chi connectivity index (χ0v) is 21.7. The molecule has 2 aromatic carbocycles. The van der Waals surface area contributed by atoms with Crippen molar-refractivity contribution in [1.29, 1.82) is 0 Å². The van der Waals surface area contributed by atoms with Gasteiger partial charge >= 0.3 is 6.03 Å². The van der Waals surface area contributed by atoms with Gasteiger partial charge in [-0.3, -0.25) is 9.36 Å². The highest BCUT2D eigenvalue weighted by atomic mass is 16.5. The number of hydrogen-bond donors (Lipinski definition) is 3. The van der Waals surface area contributed by atoms with Crippen molar-refractivity contribution in [2.45, 2.75) is 19.4 Å². The topological polar surface area (TPSA) is 130 Å². The third kappa shape index (κ3) is 6.26. The summed E-state index contributed by atoms with van der Waals surface area (Å²) in [6.45, 7) is 5.59. The predicted molar refractivity (Wildman–Crippen MR) is 147 cm³/mol. The van der Waals surface area contributed by atoms with Gasteiger partial charge in [0, 0.05) is 60.6 Å². The lowest BCUT2D eigenvalue weighted by atomic mass is 9.93. The lowest BCUT2D eigenvalue weighted by molar-refractivity contribution is 0.0448. The minimum atomic E-state index is -0.578. The molecule has 1 aliphatic heterocycles. The van der Waals surface area contributed by atoms with Crippen LogP contribution in [0.1, 0.15) is 34.3 Å². The zero-order chi connectivity index (χ0) is 27.2. The predicted octanol–water partition coefficient (Wildman–Crippen LogP) is 4.25. The summed E-state index contributed by atoms with van der Waals surface area (Å²) in [5, 5.41) is 6.88. The Morgan fingerprint density at radius 3 is 2.59 bits per heavy atom. The van der Waals surface area contributed by atoms with E-state index in [4.69, 9.17) is 19.9 Å². The molecule has 2 amide bonds. The van der Waals surface area contributed by atoms with Crippen LogP contribution < -0.4 is 21.1 Å². The van der Waals surface area contributed by atoms with Gasteiger partial charge in [0.05, 0.1) is 25.3 Å². The molecule has 202 valence electrons. The van der Waals surface area contributed by atoms with E-state index in [1.54, 1.807) is 30.6 Å². The fourth-order valence-corrected chi connectivity index (χ4v) is 4.34.